The van der Waals surface area contributed by atoms with Crippen molar-refractivity contribution in [3.63, 3.8) is 0 Å². The van der Waals surface area contributed by atoms with Gasteiger partial charge in [0, 0.05) is 5.33 Å². The zero-order chi connectivity index (χ0) is 10.7. The monoisotopic (exact) mass is 273 g/mol. The Balaban J connectivity index is 1.82. The molecule has 0 spiro atoms. The number of rotatable bonds is 3. The molecule has 15 heavy (non-hydrogen) atoms. The van der Waals surface area contributed by atoms with Gasteiger partial charge in [-0.25, -0.2) is 0 Å². The summed E-state index contributed by atoms with van der Waals surface area (Å²) in [6.07, 6.45) is 2.54. The molecule has 0 unspecified atom stereocenters. The van der Waals surface area contributed by atoms with Gasteiger partial charge in [-0.05, 0) is 37.1 Å². The summed E-state index contributed by atoms with van der Waals surface area (Å²) in [4.78, 5) is 3.91. The minimum atomic E-state index is 0.829. The van der Waals surface area contributed by atoms with Gasteiger partial charge in [0.1, 0.15) is 0 Å². The molecule has 6 heteroatoms. The number of nitrogens with zero attached hydrogens (tertiary/aromatic N) is 5. The molecular weight excluding hydrogens is 258 g/mol. The van der Waals surface area contributed by atoms with E-state index in [0.717, 1.165) is 36.7 Å². The van der Waals surface area contributed by atoms with E-state index in [1.54, 1.807) is 7.05 Å². The lowest BCUT2D eigenvalue weighted by Crippen LogP contribution is -2.34. The van der Waals surface area contributed by atoms with Gasteiger partial charge in [0.15, 0.2) is 5.82 Å². The highest BCUT2D eigenvalue weighted by Gasteiger charge is 2.19. The molecule has 1 fully saturated rings. The van der Waals surface area contributed by atoms with E-state index in [4.69, 9.17) is 0 Å². The van der Waals surface area contributed by atoms with E-state index in [9.17, 15) is 0 Å². The topological polar surface area (TPSA) is 46.8 Å². The third kappa shape index (κ3) is 2.98. The minimum absolute atomic E-state index is 0.829. The summed E-state index contributed by atoms with van der Waals surface area (Å²) in [5.41, 5.74) is 0. The van der Waals surface area contributed by atoms with Crippen LogP contribution >= 0.6 is 15.9 Å². The summed E-state index contributed by atoms with van der Waals surface area (Å²) in [5.74, 6) is 1.67. The molecule has 0 saturated carbocycles. The molecule has 0 amide bonds. The summed E-state index contributed by atoms with van der Waals surface area (Å²) >= 11 is 3.54. The lowest BCUT2D eigenvalue weighted by atomic mass is 9.99. The number of alkyl halides is 1. The van der Waals surface area contributed by atoms with Crippen molar-refractivity contribution in [1.29, 1.82) is 0 Å². The molecule has 0 aliphatic carbocycles. The molecule has 1 aromatic rings. The van der Waals surface area contributed by atoms with Crippen LogP contribution in [0.25, 0.3) is 0 Å². The highest BCUT2D eigenvalue weighted by molar-refractivity contribution is 9.09. The molecule has 2 rings (SSSR count). The van der Waals surface area contributed by atoms with E-state index in [1.807, 2.05) is 0 Å². The van der Waals surface area contributed by atoms with Gasteiger partial charge in [0.05, 0.1) is 13.6 Å². The van der Waals surface area contributed by atoms with E-state index < -0.39 is 0 Å². The molecule has 0 atom stereocenters. The average Bonchev–Trinajstić information content (AvgIpc) is 2.65. The normalized spacial score (nSPS) is 19.6. The predicted octanol–water partition coefficient (Wildman–Crippen LogP) is 0.817. The van der Waals surface area contributed by atoms with Crippen LogP contribution in [0.3, 0.4) is 0 Å². The maximum absolute atomic E-state index is 4.19. The second-order valence-electron chi connectivity index (χ2n) is 4.07. The summed E-state index contributed by atoms with van der Waals surface area (Å²) in [6.45, 7) is 3.13. The zero-order valence-corrected chi connectivity index (χ0v) is 10.5. The van der Waals surface area contributed by atoms with Crippen molar-refractivity contribution in [3.05, 3.63) is 5.82 Å². The quantitative estimate of drug-likeness (QED) is 0.765. The van der Waals surface area contributed by atoms with Crippen LogP contribution in [0.15, 0.2) is 0 Å². The first-order valence-corrected chi connectivity index (χ1v) is 6.41. The Labute approximate surface area is 98.0 Å². The lowest BCUT2D eigenvalue weighted by molar-refractivity contribution is 0.183. The summed E-state index contributed by atoms with van der Waals surface area (Å²) in [5, 5.41) is 13.2. The van der Waals surface area contributed by atoms with E-state index in [-0.39, 0.29) is 0 Å². The molecule has 5 nitrogen and oxygen atoms in total. The van der Waals surface area contributed by atoms with Crippen molar-refractivity contribution in [2.75, 3.05) is 18.4 Å². The first kappa shape index (κ1) is 11.0. The molecule has 1 aliphatic rings. The zero-order valence-electron chi connectivity index (χ0n) is 8.93. The van der Waals surface area contributed by atoms with Crippen molar-refractivity contribution in [1.82, 2.24) is 25.1 Å². The van der Waals surface area contributed by atoms with Crippen LogP contribution in [-0.2, 0) is 13.6 Å². The maximum atomic E-state index is 4.19. The van der Waals surface area contributed by atoms with E-state index in [2.05, 4.69) is 36.2 Å². The molecule has 0 bridgehead atoms. The van der Waals surface area contributed by atoms with Crippen LogP contribution < -0.4 is 0 Å². The van der Waals surface area contributed by atoms with Crippen LogP contribution in [0.5, 0.6) is 0 Å². The third-order valence-electron chi connectivity index (χ3n) is 2.84. The third-order valence-corrected chi connectivity index (χ3v) is 3.76. The fourth-order valence-electron chi connectivity index (χ4n) is 1.89. The first-order chi connectivity index (χ1) is 7.28. The van der Waals surface area contributed by atoms with Crippen molar-refractivity contribution in [3.8, 4) is 0 Å². The van der Waals surface area contributed by atoms with Crippen LogP contribution in [0.2, 0.25) is 0 Å². The van der Waals surface area contributed by atoms with Gasteiger partial charge >= 0.3 is 0 Å². The van der Waals surface area contributed by atoms with Gasteiger partial charge in [0.2, 0.25) is 0 Å². The number of hydrogen-bond donors (Lipinski definition) is 0. The van der Waals surface area contributed by atoms with Gasteiger partial charge in [-0.15, -0.1) is 10.2 Å². The Morgan fingerprint density at radius 2 is 2.13 bits per heavy atom. The number of piperidine rings is 1. The van der Waals surface area contributed by atoms with Crippen molar-refractivity contribution in [2.45, 2.75) is 19.4 Å². The van der Waals surface area contributed by atoms with Crippen LogP contribution in [0, 0.1) is 5.92 Å². The summed E-state index contributed by atoms with van der Waals surface area (Å²) in [6, 6.07) is 0. The molecule has 1 aliphatic heterocycles. The fourth-order valence-corrected chi connectivity index (χ4v) is 2.53. The van der Waals surface area contributed by atoms with Crippen LogP contribution in [0.4, 0.5) is 0 Å². The van der Waals surface area contributed by atoms with Gasteiger partial charge in [0.25, 0.3) is 0 Å². The number of halogens is 1. The van der Waals surface area contributed by atoms with Crippen molar-refractivity contribution in [2.24, 2.45) is 13.0 Å². The average molecular weight is 274 g/mol. The molecule has 0 aromatic carbocycles. The minimum Gasteiger partial charge on any atom is -0.296 e. The summed E-state index contributed by atoms with van der Waals surface area (Å²) < 4.78 is 0. The summed E-state index contributed by atoms with van der Waals surface area (Å²) in [7, 11) is 1.80. The smallest absolute Gasteiger partial charge is 0.188 e. The number of aryl methyl sites for hydroxylation is 1. The van der Waals surface area contributed by atoms with E-state index in [1.165, 1.54) is 17.6 Å². The SMILES string of the molecule is Cn1nnc(CN2CCC(CBr)CC2)n1. The molecule has 0 radical (unpaired) electrons. The predicted molar refractivity (Wildman–Crippen MR) is 60.6 cm³/mol. The molecular formula is C9H16BrN5. The Morgan fingerprint density at radius 1 is 1.40 bits per heavy atom. The van der Waals surface area contributed by atoms with Gasteiger partial charge < -0.3 is 0 Å². The van der Waals surface area contributed by atoms with Gasteiger partial charge in [-0.3, -0.25) is 4.90 Å². The van der Waals surface area contributed by atoms with E-state index in [0.29, 0.717) is 0 Å². The second-order valence-corrected chi connectivity index (χ2v) is 4.72. The Bertz CT molecular complexity index is 305. The highest BCUT2D eigenvalue weighted by Crippen LogP contribution is 2.19. The van der Waals surface area contributed by atoms with Crippen LogP contribution in [0.1, 0.15) is 18.7 Å². The molecule has 84 valence electrons. The second kappa shape index (κ2) is 5.03. The highest BCUT2D eigenvalue weighted by atomic mass is 79.9. The lowest BCUT2D eigenvalue weighted by Gasteiger charge is -2.29. The molecule has 1 saturated heterocycles. The van der Waals surface area contributed by atoms with Crippen molar-refractivity contribution < 1.29 is 0 Å². The standard InChI is InChI=1S/C9H16BrN5/c1-14-12-9(11-13-14)7-15-4-2-8(6-10)3-5-15/h8H,2-7H2,1H3. The Kier molecular flexibility index (Phi) is 3.69. The molecule has 2 heterocycles. The number of likely N-dealkylation sites (tertiary alicyclic amines) is 1. The molecule has 1 aromatic heterocycles. The fraction of sp³-hybridized carbons (Fsp3) is 0.889. The number of tetrazole rings is 1. The van der Waals surface area contributed by atoms with E-state index >= 15 is 0 Å². The number of aromatic nitrogens is 4. The van der Waals surface area contributed by atoms with Gasteiger partial charge in [-0.1, -0.05) is 15.9 Å². The Hall–Kier alpha value is -0.490. The Morgan fingerprint density at radius 3 is 2.67 bits per heavy atom. The largest absolute Gasteiger partial charge is 0.296 e. The first-order valence-electron chi connectivity index (χ1n) is 5.29. The maximum Gasteiger partial charge on any atom is 0.188 e. The van der Waals surface area contributed by atoms with Crippen LogP contribution in [-0.4, -0.2) is 43.5 Å². The van der Waals surface area contributed by atoms with Gasteiger partial charge in [-0.2, -0.15) is 4.80 Å². The molecule has 0 N–H and O–H groups in total. The van der Waals surface area contributed by atoms with Crippen molar-refractivity contribution >= 4 is 15.9 Å². The number of hydrogen-bond acceptors (Lipinski definition) is 4.